The highest BCUT2D eigenvalue weighted by Crippen LogP contribution is 2.36. The molecule has 5 heteroatoms. The van der Waals surface area contributed by atoms with Crippen molar-refractivity contribution in [1.29, 1.82) is 0 Å². The van der Waals surface area contributed by atoms with Gasteiger partial charge in [-0.2, -0.15) is 5.10 Å². The van der Waals surface area contributed by atoms with Gasteiger partial charge in [-0.15, -0.1) is 0 Å². The van der Waals surface area contributed by atoms with Crippen LogP contribution >= 0.6 is 0 Å². The lowest BCUT2D eigenvalue weighted by Crippen LogP contribution is -2.21. The predicted octanol–water partition coefficient (Wildman–Crippen LogP) is 6.98. The number of aromatic nitrogens is 2. The van der Waals surface area contributed by atoms with Gasteiger partial charge in [0.1, 0.15) is 11.9 Å². The molecule has 3 heterocycles. The summed E-state index contributed by atoms with van der Waals surface area (Å²) in [5.74, 6) is 0.836. The molecular weight excluding hydrogens is 442 g/mol. The first-order valence-corrected chi connectivity index (χ1v) is 12.7. The SMILES string of the molecule is CCN(CC)c1ccc(C2=NN(c3ccc4ccccc4n3)C(c3ccc4ccccc4n3)C2)cc1. The van der Waals surface area contributed by atoms with Crippen molar-refractivity contribution >= 4 is 39.0 Å². The van der Waals surface area contributed by atoms with Gasteiger partial charge in [-0.05, 0) is 61.9 Å². The van der Waals surface area contributed by atoms with E-state index < -0.39 is 0 Å². The van der Waals surface area contributed by atoms with E-state index in [1.165, 1.54) is 5.69 Å². The van der Waals surface area contributed by atoms with Gasteiger partial charge in [-0.25, -0.2) is 9.99 Å². The maximum atomic E-state index is 5.12. The summed E-state index contributed by atoms with van der Waals surface area (Å²) in [6.45, 7) is 6.37. The highest BCUT2D eigenvalue weighted by atomic mass is 15.5. The van der Waals surface area contributed by atoms with E-state index in [-0.39, 0.29) is 6.04 Å². The highest BCUT2D eigenvalue weighted by Gasteiger charge is 2.32. The summed E-state index contributed by atoms with van der Waals surface area (Å²) in [7, 11) is 0. The molecule has 5 nitrogen and oxygen atoms in total. The first-order chi connectivity index (χ1) is 17.7. The molecule has 1 aliphatic heterocycles. The summed E-state index contributed by atoms with van der Waals surface area (Å²) in [4.78, 5) is 12.4. The number of hydrogen-bond acceptors (Lipinski definition) is 5. The van der Waals surface area contributed by atoms with Crippen LogP contribution in [0.15, 0.2) is 102 Å². The third kappa shape index (κ3) is 4.07. The normalized spacial score (nSPS) is 15.4. The zero-order chi connectivity index (χ0) is 24.5. The zero-order valence-corrected chi connectivity index (χ0v) is 20.7. The third-order valence-corrected chi connectivity index (χ3v) is 7.02. The van der Waals surface area contributed by atoms with Crippen molar-refractivity contribution in [1.82, 2.24) is 9.97 Å². The Balaban J connectivity index is 1.41. The maximum Gasteiger partial charge on any atom is 0.150 e. The van der Waals surface area contributed by atoms with E-state index in [1.807, 2.05) is 24.3 Å². The molecule has 2 aromatic heterocycles. The second kappa shape index (κ2) is 9.42. The van der Waals surface area contributed by atoms with Crippen LogP contribution in [0.5, 0.6) is 0 Å². The van der Waals surface area contributed by atoms with Crippen LogP contribution in [0, 0.1) is 0 Å². The molecule has 3 aromatic carbocycles. The van der Waals surface area contributed by atoms with Gasteiger partial charge < -0.3 is 4.90 Å². The molecule has 1 aliphatic rings. The van der Waals surface area contributed by atoms with Gasteiger partial charge in [-0.1, -0.05) is 54.6 Å². The molecule has 0 radical (unpaired) electrons. The van der Waals surface area contributed by atoms with E-state index in [1.54, 1.807) is 0 Å². The molecule has 0 saturated heterocycles. The molecule has 36 heavy (non-hydrogen) atoms. The number of anilines is 2. The molecule has 6 rings (SSSR count). The summed E-state index contributed by atoms with van der Waals surface area (Å²) < 4.78 is 0. The fourth-order valence-corrected chi connectivity index (χ4v) is 5.03. The average molecular weight is 472 g/mol. The molecule has 0 bridgehead atoms. The van der Waals surface area contributed by atoms with Gasteiger partial charge in [-0.3, -0.25) is 4.98 Å². The van der Waals surface area contributed by atoms with Crippen LogP contribution in [-0.2, 0) is 0 Å². The first-order valence-electron chi connectivity index (χ1n) is 12.7. The molecule has 0 aliphatic carbocycles. The van der Waals surface area contributed by atoms with Gasteiger partial charge in [0.2, 0.25) is 0 Å². The van der Waals surface area contributed by atoms with Gasteiger partial charge >= 0.3 is 0 Å². The van der Waals surface area contributed by atoms with Crippen molar-refractivity contribution in [3.63, 3.8) is 0 Å². The van der Waals surface area contributed by atoms with E-state index in [0.717, 1.165) is 64.1 Å². The molecular formula is C31H29N5. The standard InChI is InChI=1S/C31H29N5/c1-3-35(4-2)25-17-13-24(14-18-25)29-21-30(28-19-15-22-9-5-7-11-26(22)32-28)36(34-29)31-20-16-23-10-6-8-12-27(23)33-31/h5-20,30H,3-4,21H2,1-2H3. The molecule has 1 unspecified atom stereocenters. The van der Waals surface area contributed by atoms with Gasteiger partial charge in [0.05, 0.1) is 22.4 Å². The summed E-state index contributed by atoms with van der Waals surface area (Å²) in [6, 6.07) is 33.7. The Morgan fingerprint density at radius 1 is 0.722 bits per heavy atom. The molecule has 0 fully saturated rings. The van der Waals surface area contributed by atoms with Crippen molar-refractivity contribution in [3.05, 3.63) is 108 Å². The number of rotatable bonds is 6. The minimum Gasteiger partial charge on any atom is -0.372 e. The van der Waals surface area contributed by atoms with Crippen LogP contribution in [0.25, 0.3) is 21.8 Å². The Kier molecular flexibility index (Phi) is 5.82. The van der Waals surface area contributed by atoms with Crippen molar-refractivity contribution in [3.8, 4) is 0 Å². The van der Waals surface area contributed by atoms with Crippen molar-refractivity contribution < 1.29 is 0 Å². The molecule has 0 N–H and O–H groups in total. The topological polar surface area (TPSA) is 44.6 Å². The Labute approximate surface area is 211 Å². The number of hydrazone groups is 1. The first kappa shape index (κ1) is 22.2. The van der Waals surface area contributed by atoms with E-state index in [0.29, 0.717) is 0 Å². The molecule has 178 valence electrons. The van der Waals surface area contributed by atoms with Crippen LogP contribution in [-0.4, -0.2) is 28.8 Å². The van der Waals surface area contributed by atoms with Gasteiger partial charge in [0.25, 0.3) is 0 Å². The monoisotopic (exact) mass is 471 g/mol. The summed E-state index contributed by atoms with van der Waals surface area (Å²) >= 11 is 0. The lowest BCUT2D eigenvalue weighted by atomic mass is 10.0. The smallest absolute Gasteiger partial charge is 0.150 e. The Morgan fingerprint density at radius 3 is 2.06 bits per heavy atom. The highest BCUT2D eigenvalue weighted by molar-refractivity contribution is 6.03. The Bertz CT molecular complexity index is 1550. The minimum atomic E-state index is -0.0271. The van der Waals surface area contributed by atoms with Crippen LogP contribution < -0.4 is 9.91 Å². The summed E-state index contributed by atoms with van der Waals surface area (Å²) in [6.07, 6.45) is 0.768. The van der Waals surface area contributed by atoms with Crippen molar-refractivity contribution in [2.24, 2.45) is 5.10 Å². The van der Waals surface area contributed by atoms with Crippen molar-refractivity contribution in [2.75, 3.05) is 23.0 Å². The number of pyridine rings is 2. The van der Waals surface area contributed by atoms with Crippen LogP contribution in [0.3, 0.4) is 0 Å². The average Bonchev–Trinajstić information content (AvgIpc) is 3.39. The lowest BCUT2D eigenvalue weighted by molar-refractivity contribution is 0.682. The van der Waals surface area contributed by atoms with Crippen LogP contribution in [0.2, 0.25) is 0 Å². The molecule has 0 spiro atoms. The van der Waals surface area contributed by atoms with Crippen LogP contribution in [0.1, 0.15) is 37.6 Å². The lowest BCUT2D eigenvalue weighted by Gasteiger charge is -2.22. The third-order valence-electron chi connectivity index (χ3n) is 7.02. The minimum absolute atomic E-state index is 0.0271. The second-order valence-corrected chi connectivity index (χ2v) is 9.12. The van der Waals surface area contributed by atoms with E-state index in [4.69, 9.17) is 15.1 Å². The maximum absolute atomic E-state index is 5.12. The quantitative estimate of drug-likeness (QED) is 0.268. The van der Waals surface area contributed by atoms with Gasteiger partial charge in [0, 0.05) is 36.0 Å². The zero-order valence-electron chi connectivity index (χ0n) is 20.7. The largest absolute Gasteiger partial charge is 0.372 e. The second-order valence-electron chi connectivity index (χ2n) is 9.12. The van der Waals surface area contributed by atoms with E-state index in [9.17, 15) is 0 Å². The molecule has 0 saturated carbocycles. The fourth-order valence-electron chi connectivity index (χ4n) is 5.03. The molecule has 5 aromatic rings. The predicted molar refractivity (Wildman–Crippen MR) is 150 cm³/mol. The van der Waals surface area contributed by atoms with Gasteiger partial charge in [0.15, 0.2) is 0 Å². The Hall–Kier alpha value is -4.25. The number of fused-ring (bicyclic) bond motifs is 2. The fraction of sp³-hybridized carbons (Fsp3) is 0.194. The summed E-state index contributed by atoms with van der Waals surface area (Å²) in [5, 5.41) is 9.44. The number of para-hydroxylation sites is 2. The van der Waals surface area contributed by atoms with E-state index >= 15 is 0 Å². The molecule has 1 atom stereocenters. The Morgan fingerprint density at radius 2 is 1.36 bits per heavy atom. The van der Waals surface area contributed by atoms with E-state index in [2.05, 4.69) is 96.6 Å². The van der Waals surface area contributed by atoms with Crippen LogP contribution in [0.4, 0.5) is 11.5 Å². The number of hydrogen-bond donors (Lipinski definition) is 0. The van der Waals surface area contributed by atoms with Crippen molar-refractivity contribution in [2.45, 2.75) is 26.3 Å². The molecule has 0 amide bonds. The number of benzene rings is 3. The number of nitrogens with zero attached hydrogens (tertiary/aromatic N) is 5. The summed E-state index contributed by atoms with van der Waals surface area (Å²) in [5.41, 5.74) is 6.40.